The minimum atomic E-state index is -0.257. The summed E-state index contributed by atoms with van der Waals surface area (Å²) in [6, 6.07) is 7.23. The Bertz CT molecular complexity index is 411. The molecule has 0 aliphatic heterocycles. The van der Waals surface area contributed by atoms with E-state index in [4.69, 9.17) is 9.47 Å². The number of carbonyl (C=O) groups excluding carboxylic acids is 1. The fourth-order valence-electron chi connectivity index (χ4n) is 2.21. The minimum Gasteiger partial charge on any atom is -0.491 e. The Balaban J connectivity index is 2.36. The molecule has 0 amide bonds. The lowest BCUT2D eigenvalue weighted by atomic mass is 10.1. The summed E-state index contributed by atoms with van der Waals surface area (Å²) in [6.07, 6.45) is 8.23. The highest BCUT2D eigenvalue weighted by Gasteiger charge is 2.08. The van der Waals surface area contributed by atoms with Crippen LogP contribution in [0.4, 0.5) is 0 Å². The molecule has 0 saturated heterocycles. The molecule has 1 rings (SSSR count). The van der Waals surface area contributed by atoms with Gasteiger partial charge in [-0.1, -0.05) is 39.5 Å². The summed E-state index contributed by atoms with van der Waals surface area (Å²) in [4.78, 5) is 11.8. The van der Waals surface area contributed by atoms with Gasteiger partial charge in [0.15, 0.2) is 0 Å². The van der Waals surface area contributed by atoms with Gasteiger partial charge in [-0.15, -0.1) is 0 Å². The van der Waals surface area contributed by atoms with Gasteiger partial charge in [0.1, 0.15) is 5.75 Å². The molecule has 22 heavy (non-hydrogen) atoms. The average molecular weight is 306 g/mol. The fraction of sp³-hybridized carbons (Fsp3) is 0.632. The van der Waals surface area contributed by atoms with E-state index in [1.807, 2.05) is 12.1 Å². The molecule has 0 unspecified atom stereocenters. The second-order valence-electron chi connectivity index (χ2n) is 5.79. The van der Waals surface area contributed by atoms with Crippen molar-refractivity contribution in [3.05, 3.63) is 29.8 Å². The van der Waals surface area contributed by atoms with Gasteiger partial charge >= 0.3 is 5.97 Å². The molecule has 0 aliphatic rings. The second kappa shape index (κ2) is 11.1. The average Bonchev–Trinajstić information content (AvgIpc) is 2.52. The first-order valence-corrected chi connectivity index (χ1v) is 8.61. The van der Waals surface area contributed by atoms with E-state index >= 15 is 0 Å². The summed E-state index contributed by atoms with van der Waals surface area (Å²) < 4.78 is 11.1. The van der Waals surface area contributed by atoms with E-state index in [0.29, 0.717) is 12.2 Å². The summed E-state index contributed by atoms with van der Waals surface area (Å²) in [5, 5.41) is 0. The van der Waals surface area contributed by atoms with Crippen molar-refractivity contribution >= 4 is 5.97 Å². The summed E-state index contributed by atoms with van der Waals surface area (Å²) in [7, 11) is 0. The maximum Gasteiger partial charge on any atom is 0.338 e. The third-order valence-corrected chi connectivity index (χ3v) is 3.62. The molecule has 0 aliphatic carbocycles. The van der Waals surface area contributed by atoms with E-state index < -0.39 is 0 Å². The summed E-state index contributed by atoms with van der Waals surface area (Å²) in [5.74, 6) is 0.556. The number of benzene rings is 1. The topological polar surface area (TPSA) is 35.5 Å². The highest BCUT2D eigenvalue weighted by molar-refractivity contribution is 5.89. The number of ether oxygens (including phenoxy) is 2. The maximum atomic E-state index is 11.8. The monoisotopic (exact) mass is 306 g/mol. The molecule has 1 aromatic carbocycles. The van der Waals surface area contributed by atoms with Crippen LogP contribution in [-0.2, 0) is 4.74 Å². The maximum absolute atomic E-state index is 11.8. The Hall–Kier alpha value is -1.51. The second-order valence-corrected chi connectivity index (χ2v) is 5.79. The third kappa shape index (κ3) is 7.48. The van der Waals surface area contributed by atoms with Crippen LogP contribution >= 0.6 is 0 Å². The molecule has 0 spiro atoms. The summed E-state index contributed by atoms with van der Waals surface area (Å²) in [5.41, 5.74) is 0.582. The fourth-order valence-corrected chi connectivity index (χ4v) is 2.21. The predicted octanol–water partition coefficient (Wildman–Crippen LogP) is 5.38. The number of carbonyl (C=O) groups is 1. The lowest BCUT2D eigenvalue weighted by Gasteiger charge is -2.14. The van der Waals surface area contributed by atoms with Gasteiger partial charge in [0.2, 0.25) is 0 Å². The van der Waals surface area contributed by atoms with E-state index in [1.165, 1.54) is 25.7 Å². The highest BCUT2D eigenvalue weighted by Crippen LogP contribution is 2.17. The van der Waals surface area contributed by atoms with Crippen molar-refractivity contribution in [3.63, 3.8) is 0 Å². The van der Waals surface area contributed by atoms with Crippen LogP contribution < -0.4 is 4.74 Å². The van der Waals surface area contributed by atoms with Crippen molar-refractivity contribution in [2.75, 3.05) is 6.61 Å². The zero-order valence-electron chi connectivity index (χ0n) is 14.3. The molecule has 1 atom stereocenters. The van der Waals surface area contributed by atoms with Gasteiger partial charge < -0.3 is 9.47 Å². The number of hydrogen-bond donors (Lipinski definition) is 0. The molecule has 0 aromatic heterocycles. The smallest absolute Gasteiger partial charge is 0.338 e. The van der Waals surface area contributed by atoms with Gasteiger partial charge in [0.25, 0.3) is 0 Å². The van der Waals surface area contributed by atoms with Crippen LogP contribution in [0.2, 0.25) is 0 Å². The van der Waals surface area contributed by atoms with E-state index in [-0.39, 0.29) is 12.1 Å². The largest absolute Gasteiger partial charge is 0.491 e. The van der Waals surface area contributed by atoms with E-state index in [0.717, 1.165) is 25.0 Å². The molecule has 0 N–H and O–H groups in total. The van der Waals surface area contributed by atoms with Crippen LogP contribution in [0.25, 0.3) is 0 Å². The highest BCUT2D eigenvalue weighted by atomic mass is 16.5. The normalized spacial score (nSPS) is 12.0. The predicted molar refractivity (Wildman–Crippen MR) is 90.5 cm³/mol. The quantitative estimate of drug-likeness (QED) is 0.406. The molecular weight excluding hydrogens is 276 g/mol. The standard InChI is InChI=1S/C19H30O3/c1-4-6-8-9-10-16(3)22-18-13-11-17(12-14-18)19(20)21-15-7-5-2/h11-14,16H,4-10,15H2,1-3H3/t16-/m1/s1. The Morgan fingerprint density at radius 3 is 2.32 bits per heavy atom. The van der Waals surface area contributed by atoms with Gasteiger partial charge in [-0.2, -0.15) is 0 Å². The van der Waals surface area contributed by atoms with Gasteiger partial charge in [0, 0.05) is 0 Å². The van der Waals surface area contributed by atoms with Gasteiger partial charge in [-0.3, -0.25) is 0 Å². The number of esters is 1. The molecule has 124 valence electrons. The van der Waals surface area contributed by atoms with E-state index in [1.54, 1.807) is 12.1 Å². The lowest BCUT2D eigenvalue weighted by Crippen LogP contribution is -2.12. The molecule has 0 saturated carbocycles. The number of rotatable bonds is 11. The van der Waals surface area contributed by atoms with Gasteiger partial charge in [-0.25, -0.2) is 4.79 Å². The van der Waals surface area contributed by atoms with Crippen LogP contribution in [0.15, 0.2) is 24.3 Å². The van der Waals surface area contributed by atoms with Crippen molar-refractivity contribution in [1.82, 2.24) is 0 Å². The molecule has 0 fully saturated rings. The van der Waals surface area contributed by atoms with E-state index in [2.05, 4.69) is 20.8 Å². The molecule has 0 radical (unpaired) electrons. The molecule has 0 heterocycles. The zero-order chi connectivity index (χ0) is 16.2. The molecular formula is C19H30O3. The first kappa shape index (κ1) is 18.5. The first-order valence-electron chi connectivity index (χ1n) is 8.61. The van der Waals surface area contributed by atoms with Crippen molar-refractivity contribution in [3.8, 4) is 5.75 Å². The Kier molecular flexibility index (Phi) is 9.36. The Labute approximate surface area is 135 Å². The molecule has 0 bridgehead atoms. The number of hydrogen-bond acceptors (Lipinski definition) is 3. The van der Waals surface area contributed by atoms with E-state index in [9.17, 15) is 4.79 Å². The van der Waals surface area contributed by atoms with Crippen LogP contribution in [-0.4, -0.2) is 18.7 Å². The minimum absolute atomic E-state index is 0.208. The van der Waals surface area contributed by atoms with Crippen molar-refractivity contribution in [1.29, 1.82) is 0 Å². The van der Waals surface area contributed by atoms with Crippen molar-refractivity contribution in [2.45, 2.75) is 71.8 Å². The SMILES string of the molecule is CCCCCC[C@@H](C)Oc1ccc(C(=O)OCCCC)cc1. The molecule has 3 nitrogen and oxygen atoms in total. The van der Waals surface area contributed by atoms with Crippen LogP contribution in [0.5, 0.6) is 5.75 Å². The summed E-state index contributed by atoms with van der Waals surface area (Å²) >= 11 is 0. The third-order valence-electron chi connectivity index (χ3n) is 3.62. The lowest BCUT2D eigenvalue weighted by molar-refractivity contribution is 0.0499. The van der Waals surface area contributed by atoms with Crippen LogP contribution in [0, 0.1) is 0 Å². The summed E-state index contributed by atoms with van der Waals surface area (Å²) in [6.45, 7) is 6.87. The van der Waals surface area contributed by atoms with Crippen molar-refractivity contribution < 1.29 is 14.3 Å². The Morgan fingerprint density at radius 2 is 1.68 bits per heavy atom. The number of unbranched alkanes of at least 4 members (excludes halogenated alkanes) is 4. The zero-order valence-corrected chi connectivity index (χ0v) is 14.3. The first-order chi connectivity index (χ1) is 10.7. The van der Waals surface area contributed by atoms with Crippen LogP contribution in [0.3, 0.4) is 0 Å². The van der Waals surface area contributed by atoms with Crippen LogP contribution in [0.1, 0.15) is 76.1 Å². The molecule has 3 heteroatoms. The van der Waals surface area contributed by atoms with Gasteiger partial charge in [0.05, 0.1) is 18.3 Å². The van der Waals surface area contributed by atoms with Crippen molar-refractivity contribution in [2.24, 2.45) is 0 Å². The Morgan fingerprint density at radius 1 is 1.00 bits per heavy atom. The van der Waals surface area contributed by atoms with Gasteiger partial charge in [-0.05, 0) is 50.5 Å². The molecule has 1 aromatic rings.